The van der Waals surface area contributed by atoms with Crippen LogP contribution in [0.15, 0.2) is 42.7 Å². The number of pyridine rings is 2. The van der Waals surface area contributed by atoms with E-state index in [4.69, 9.17) is 21.2 Å². The number of hydrogen-bond donors (Lipinski definition) is 4. The Bertz CT molecular complexity index is 1380. The fraction of sp³-hybridized carbons (Fsp3) is 0.448. The number of nitrogen functional groups attached to an aromatic ring is 1. The van der Waals surface area contributed by atoms with Gasteiger partial charge in [0.1, 0.15) is 0 Å². The van der Waals surface area contributed by atoms with E-state index in [1.54, 1.807) is 18.5 Å². The molecule has 3 unspecified atom stereocenters. The Hall–Kier alpha value is -3.96. The third-order valence-electron chi connectivity index (χ3n) is 8.15. The molecule has 5 rings (SSSR count). The second-order valence-electron chi connectivity index (χ2n) is 11.0. The van der Waals surface area contributed by atoms with Gasteiger partial charge in [0.15, 0.2) is 5.69 Å². The van der Waals surface area contributed by atoms with Gasteiger partial charge in [-0.15, -0.1) is 0 Å². The average molecular weight is 547 g/mol. The highest BCUT2D eigenvalue weighted by molar-refractivity contribution is 6.09. The summed E-state index contributed by atoms with van der Waals surface area (Å²) in [6.07, 6.45) is 4.99. The van der Waals surface area contributed by atoms with Gasteiger partial charge in [0.05, 0.1) is 41.9 Å². The van der Waals surface area contributed by atoms with Crippen molar-refractivity contribution in [2.75, 3.05) is 56.3 Å². The number of carbonyl (C=O) groups is 2. The van der Waals surface area contributed by atoms with Crippen molar-refractivity contribution in [2.24, 2.45) is 11.7 Å². The Labute approximate surface area is 234 Å². The summed E-state index contributed by atoms with van der Waals surface area (Å²) in [6.45, 7) is 5.25. The summed E-state index contributed by atoms with van der Waals surface area (Å²) in [7, 11) is 3.48. The molecule has 2 aliphatic rings. The number of piperidine rings is 2. The summed E-state index contributed by atoms with van der Waals surface area (Å²) >= 11 is 0. The van der Waals surface area contributed by atoms with E-state index in [0.717, 1.165) is 42.5 Å². The van der Waals surface area contributed by atoms with Crippen molar-refractivity contribution in [3.63, 3.8) is 0 Å². The number of methoxy groups -OCH3 is 1. The molecule has 4 heterocycles. The van der Waals surface area contributed by atoms with Crippen LogP contribution in [-0.2, 0) is 4.74 Å². The van der Waals surface area contributed by atoms with Crippen molar-refractivity contribution >= 4 is 40.0 Å². The number of hydrogen-bond acceptors (Lipinski definition) is 9. The first kappa shape index (κ1) is 27.6. The third-order valence-corrected chi connectivity index (χ3v) is 8.15. The van der Waals surface area contributed by atoms with Crippen molar-refractivity contribution < 1.29 is 14.3 Å². The zero-order valence-corrected chi connectivity index (χ0v) is 23.3. The molecule has 6 N–H and O–H groups in total. The molecular formula is C29H38N8O3. The Balaban J connectivity index is 1.36. The molecule has 0 bridgehead atoms. The highest BCUT2D eigenvalue weighted by Gasteiger charge is 2.34. The van der Waals surface area contributed by atoms with E-state index in [-0.39, 0.29) is 23.7 Å². The Morgan fingerprint density at radius 2 is 1.90 bits per heavy atom. The number of benzene rings is 1. The van der Waals surface area contributed by atoms with Crippen LogP contribution in [0.5, 0.6) is 0 Å². The zero-order valence-electron chi connectivity index (χ0n) is 23.3. The molecule has 2 aliphatic heterocycles. The SMILES string of the molecule is COC(=O)NC1C(C)CN(c2ccncc2NC(=O)c2nc3cc(C4CCN(C)CC4)ccc3cc2N)CC1N. The second kappa shape index (κ2) is 11.6. The van der Waals surface area contributed by atoms with E-state index in [1.807, 2.05) is 19.1 Å². The van der Waals surface area contributed by atoms with Crippen LogP contribution in [0.4, 0.5) is 21.9 Å². The Kier molecular flexibility index (Phi) is 8.04. The number of nitrogens with two attached hydrogens (primary N) is 2. The molecular weight excluding hydrogens is 508 g/mol. The smallest absolute Gasteiger partial charge is 0.407 e. The molecule has 11 heteroatoms. The summed E-state index contributed by atoms with van der Waals surface area (Å²) in [5, 5.41) is 6.71. The van der Waals surface area contributed by atoms with Gasteiger partial charge in [-0.05, 0) is 68.6 Å². The number of ether oxygens (including phenoxy) is 1. The molecule has 3 atom stereocenters. The fourth-order valence-corrected chi connectivity index (χ4v) is 5.89. The maximum atomic E-state index is 13.5. The van der Waals surface area contributed by atoms with Gasteiger partial charge in [0, 0.05) is 30.7 Å². The minimum Gasteiger partial charge on any atom is -0.453 e. The maximum absolute atomic E-state index is 13.5. The number of rotatable bonds is 5. The summed E-state index contributed by atoms with van der Waals surface area (Å²) < 4.78 is 4.75. The van der Waals surface area contributed by atoms with Gasteiger partial charge in [-0.25, -0.2) is 9.78 Å². The third kappa shape index (κ3) is 5.80. The molecule has 2 fully saturated rings. The van der Waals surface area contributed by atoms with Crippen LogP contribution in [0.2, 0.25) is 0 Å². The minimum atomic E-state index is -0.503. The molecule has 2 amide bonds. The summed E-state index contributed by atoms with van der Waals surface area (Å²) in [5.41, 5.74) is 16.6. The number of carbonyl (C=O) groups excluding carboxylic acids is 2. The number of likely N-dealkylation sites (tertiary alicyclic amines) is 1. The Morgan fingerprint density at radius 1 is 1.12 bits per heavy atom. The molecule has 0 aliphatic carbocycles. The van der Waals surface area contributed by atoms with E-state index in [2.05, 4.69) is 44.6 Å². The van der Waals surface area contributed by atoms with Gasteiger partial charge < -0.3 is 36.6 Å². The van der Waals surface area contributed by atoms with Gasteiger partial charge in [0.25, 0.3) is 5.91 Å². The summed E-state index contributed by atoms with van der Waals surface area (Å²) in [5.74, 6) is 0.116. The van der Waals surface area contributed by atoms with Crippen molar-refractivity contribution in [2.45, 2.75) is 37.8 Å². The van der Waals surface area contributed by atoms with Crippen LogP contribution < -0.4 is 27.0 Å². The fourth-order valence-electron chi connectivity index (χ4n) is 5.89. The Morgan fingerprint density at radius 3 is 2.62 bits per heavy atom. The lowest BCUT2D eigenvalue weighted by atomic mass is 9.89. The molecule has 0 spiro atoms. The van der Waals surface area contributed by atoms with Crippen molar-refractivity contribution in [1.82, 2.24) is 20.2 Å². The first-order chi connectivity index (χ1) is 19.2. The number of nitrogens with one attached hydrogen (secondary N) is 2. The monoisotopic (exact) mass is 546 g/mol. The maximum Gasteiger partial charge on any atom is 0.407 e. The van der Waals surface area contributed by atoms with Crippen LogP contribution >= 0.6 is 0 Å². The molecule has 2 aromatic heterocycles. The van der Waals surface area contributed by atoms with E-state index < -0.39 is 12.0 Å². The lowest BCUT2D eigenvalue weighted by Crippen LogP contribution is -2.62. The number of anilines is 3. The van der Waals surface area contributed by atoms with Gasteiger partial charge in [-0.3, -0.25) is 9.78 Å². The molecule has 40 heavy (non-hydrogen) atoms. The van der Waals surface area contributed by atoms with Crippen LogP contribution in [0, 0.1) is 5.92 Å². The van der Waals surface area contributed by atoms with Crippen LogP contribution in [-0.4, -0.2) is 79.3 Å². The van der Waals surface area contributed by atoms with E-state index in [9.17, 15) is 9.59 Å². The van der Waals surface area contributed by atoms with Gasteiger partial charge in [-0.2, -0.15) is 0 Å². The number of aromatic nitrogens is 2. The van der Waals surface area contributed by atoms with Gasteiger partial charge in [0.2, 0.25) is 0 Å². The van der Waals surface area contributed by atoms with E-state index >= 15 is 0 Å². The number of alkyl carbamates (subject to hydrolysis) is 1. The van der Waals surface area contributed by atoms with Crippen molar-refractivity contribution in [3.05, 3.63) is 54.0 Å². The van der Waals surface area contributed by atoms with Crippen molar-refractivity contribution in [1.29, 1.82) is 0 Å². The lowest BCUT2D eigenvalue weighted by Gasteiger charge is -2.42. The first-order valence-corrected chi connectivity index (χ1v) is 13.7. The highest BCUT2D eigenvalue weighted by Crippen LogP contribution is 2.32. The molecule has 2 saturated heterocycles. The molecule has 3 aromatic rings. The standard InChI is InChI=1S/C29H38N8O3/c1-17-15-37(16-22(31)26(17)35-29(39)40-3)25-6-9-32-14-24(25)34-28(38)27-21(30)12-20-5-4-19(13-23(20)33-27)18-7-10-36(2)11-8-18/h4-6,9,12-14,17-18,22,26H,7-8,10-11,15-16,30-31H2,1-3H3,(H,34,38)(H,35,39). The minimum absolute atomic E-state index is 0.0381. The average Bonchev–Trinajstić information content (AvgIpc) is 2.94. The summed E-state index contributed by atoms with van der Waals surface area (Å²) in [4.78, 5) is 38.6. The summed E-state index contributed by atoms with van der Waals surface area (Å²) in [6, 6.07) is 9.35. The normalized spacial score (nSPS) is 22.2. The molecule has 11 nitrogen and oxygen atoms in total. The zero-order chi connectivity index (χ0) is 28.4. The molecule has 212 valence electrons. The van der Waals surface area contributed by atoms with E-state index in [0.29, 0.717) is 30.4 Å². The van der Waals surface area contributed by atoms with Crippen LogP contribution in [0.3, 0.4) is 0 Å². The quantitative estimate of drug-likeness (QED) is 0.378. The number of amides is 2. The predicted molar refractivity (Wildman–Crippen MR) is 156 cm³/mol. The molecule has 0 saturated carbocycles. The number of fused-ring (bicyclic) bond motifs is 1. The highest BCUT2D eigenvalue weighted by atomic mass is 16.5. The topological polar surface area (TPSA) is 152 Å². The van der Waals surface area contributed by atoms with Gasteiger partial charge >= 0.3 is 6.09 Å². The van der Waals surface area contributed by atoms with Gasteiger partial charge in [-0.1, -0.05) is 19.1 Å². The van der Waals surface area contributed by atoms with E-state index in [1.165, 1.54) is 12.7 Å². The predicted octanol–water partition coefficient (Wildman–Crippen LogP) is 2.78. The van der Waals surface area contributed by atoms with Crippen LogP contribution in [0.1, 0.15) is 41.7 Å². The largest absolute Gasteiger partial charge is 0.453 e. The second-order valence-corrected chi connectivity index (χ2v) is 11.0. The molecule has 0 radical (unpaired) electrons. The first-order valence-electron chi connectivity index (χ1n) is 13.7. The number of nitrogens with zero attached hydrogens (tertiary/aromatic N) is 4. The molecule has 1 aromatic carbocycles. The van der Waals surface area contributed by atoms with Crippen LogP contribution in [0.25, 0.3) is 10.9 Å². The lowest BCUT2D eigenvalue weighted by molar-refractivity contribution is 0.102. The van der Waals surface area contributed by atoms with Crippen molar-refractivity contribution in [3.8, 4) is 0 Å².